The van der Waals surface area contributed by atoms with Crippen LogP contribution in [0.5, 0.6) is 0 Å². The molecule has 6 heteroatoms. The fraction of sp³-hybridized carbons (Fsp3) is 0.800. The number of aromatic nitrogens is 3. The number of anilines is 1. The fourth-order valence-corrected chi connectivity index (χ4v) is 2.98. The minimum absolute atomic E-state index is 0.441. The smallest absolute Gasteiger partial charge is 0.228 e. The Balaban J connectivity index is 1.89. The molecule has 0 atom stereocenters. The van der Waals surface area contributed by atoms with Crippen LogP contribution < -0.4 is 15.5 Å². The van der Waals surface area contributed by atoms with Crippen LogP contribution in [0.1, 0.15) is 49.2 Å². The Morgan fingerprint density at radius 1 is 0.714 bits per heavy atom. The Labute approximate surface area is 126 Å². The average Bonchev–Trinajstić information content (AvgIpc) is 2.56. The van der Waals surface area contributed by atoms with E-state index in [0.717, 1.165) is 69.5 Å². The van der Waals surface area contributed by atoms with E-state index in [2.05, 4.69) is 10.6 Å². The molecule has 2 fully saturated rings. The standard InChI is InChI=1S/C15H24N6/c1-21(2)15-19-13(11-3-7-16-8-4-11)18-14(20-15)12-5-9-17-10-6-12/h11-12H,3-10H2,1-2H3. The van der Waals surface area contributed by atoms with Gasteiger partial charge in [0.1, 0.15) is 11.6 Å². The number of hydrogen-bond donors (Lipinski definition) is 0. The molecule has 114 valence electrons. The monoisotopic (exact) mass is 288 g/mol. The molecule has 0 N–H and O–H groups in total. The van der Waals surface area contributed by atoms with Crippen molar-refractivity contribution in [3.63, 3.8) is 0 Å². The Bertz CT molecular complexity index is 427. The first-order valence-electron chi connectivity index (χ1n) is 7.93. The number of rotatable bonds is 3. The maximum absolute atomic E-state index is 4.83. The zero-order valence-electron chi connectivity index (χ0n) is 13.0. The van der Waals surface area contributed by atoms with Crippen molar-refractivity contribution < 1.29 is 0 Å². The lowest BCUT2D eigenvalue weighted by Gasteiger charge is -2.25. The molecule has 3 heterocycles. The highest BCUT2D eigenvalue weighted by Crippen LogP contribution is 2.28. The van der Waals surface area contributed by atoms with Crippen LogP contribution in [-0.4, -0.2) is 55.2 Å². The molecule has 2 aliphatic rings. The molecule has 0 bridgehead atoms. The lowest BCUT2D eigenvalue weighted by Crippen LogP contribution is -2.27. The normalized spacial score (nSPS) is 21.4. The quantitative estimate of drug-likeness (QED) is 0.828. The molecule has 1 aromatic rings. The molecule has 0 spiro atoms. The molecule has 0 unspecified atom stereocenters. The highest BCUT2D eigenvalue weighted by Gasteiger charge is 2.24. The lowest BCUT2D eigenvalue weighted by atomic mass is 9.95. The summed E-state index contributed by atoms with van der Waals surface area (Å²) in [6.07, 6.45) is 4.26. The van der Waals surface area contributed by atoms with Crippen molar-refractivity contribution in [2.75, 3.05) is 45.2 Å². The largest absolute Gasteiger partial charge is 0.347 e. The molecule has 0 aliphatic carbocycles. The van der Waals surface area contributed by atoms with Gasteiger partial charge in [-0.1, -0.05) is 0 Å². The van der Waals surface area contributed by atoms with E-state index in [0.29, 0.717) is 11.8 Å². The summed E-state index contributed by atoms with van der Waals surface area (Å²) in [6.45, 7) is 3.74. The van der Waals surface area contributed by atoms with Crippen molar-refractivity contribution in [1.29, 1.82) is 0 Å². The summed E-state index contributed by atoms with van der Waals surface area (Å²) >= 11 is 0. The van der Waals surface area contributed by atoms with E-state index >= 15 is 0 Å². The Morgan fingerprint density at radius 2 is 1.14 bits per heavy atom. The third kappa shape index (κ3) is 3.49. The summed E-state index contributed by atoms with van der Waals surface area (Å²) < 4.78 is 0. The first-order chi connectivity index (χ1) is 10.2. The van der Waals surface area contributed by atoms with Gasteiger partial charge in [-0.3, -0.25) is 0 Å². The third-order valence-electron chi connectivity index (χ3n) is 4.33. The van der Waals surface area contributed by atoms with E-state index in [-0.39, 0.29) is 0 Å². The van der Waals surface area contributed by atoms with E-state index in [4.69, 9.17) is 15.0 Å². The Kier molecular flexibility index (Phi) is 4.65. The predicted molar refractivity (Wildman–Crippen MR) is 81.8 cm³/mol. The summed E-state index contributed by atoms with van der Waals surface area (Å²) in [6, 6.07) is 0. The zero-order valence-corrected chi connectivity index (χ0v) is 13.0. The van der Waals surface area contributed by atoms with Crippen LogP contribution in [0.25, 0.3) is 0 Å². The molecule has 2 aliphatic heterocycles. The molecular weight excluding hydrogens is 264 g/mol. The van der Waals surface area contributed by atoms with Crippen LogP contribution in [-0.2, 0) is 0 Å². The molecule has 0 amide bonds. The zero-order chi connectivity index (χ0) is 14.7. The van der Waals surface area contributed by atoms with Gasteiger partial charge in [-0.05, 0) is 25.7 Å². The molecule has 3 rings (SSSR count). The average molecular weight is 288 g/mol. The Hall–Kier alpha value is -1.27. The summed E-state index contributed by atoms with van der Waals surface area (Å²) in [5, 5.41) is 8.86. The van der Waals surface area contributed by atoms with Crippen molar-refractivity contribution in [2.45, 2.75) is 37.5 Å². The van der Waals surface area contributed by atoms with Gasteiger partial charge in [0.25, 0.3) is 0 Å². The van der Waals surface area contributed by atoms with Crippen LogP contribution in [0, 0.1) is 0 Å². The topological polar surface area (TPSA) is 70.1 Å². The fourth-order valence-electron chi connectivity index (χ4n) is 2.98. The second-order valence-corrected chi connectivity index (χ2v) is 6.14. The van der Waals surface area contributed by atoms with Crippen LogP contribution in [0.3, 0.4) is 0 Å². The summed E-state index contributed by atoms with van der Waals surface area (Å²) in [5.74, 6) is 3.62. The van der Waals surface area contributed by atoms with Crippen molar-refractivity contribution in [2.24, 2.45) is 0 Å². The highest BCUT2D eigenvalue weighted by atomic mass is 15.2. The van der Waals surface area contributed by atoms with Gasteiger partial charge in [-0.2, -0.15) is 9.97 Å². The summed E-state index contributed by atoms with van der Waals surface area (Å²) in [7, 11) is 3.99. The van der Waals surface area contributed by atoms with E-state index in [1.165, 1.54) is 0 Å². The minimum atomic E-state index is 0.441. The second-order valence-electron chi connectivity index (χ2n) is 6.14. The minimum Gasteiger partial charge on any atom is -0.347 e. The first-order valence-corrected chi connectivity index (χ1v) is 7.93. The van der Waals surface area contributed by atoms with E-state index < -0.39 is 0 Å². The van der Waals surface area contributed by atoms with Crippen LogP contribution >= 0.6 is 0 Å². The number of nitrogens with zero attached hydrogens (tertiary/aromatic N) is 6. The van der Waals surface area contributed by atoms with E-state index in [9.17, 15) is 0 Å². The molecule has 0 aromatic carbocycles. The Morgan fingerprint density at radius 3 is 1.52 bits per heavy atom. The molecule has 2 saturated heterocycles. The second kappa shape index (κ2) is 6.66. The lowest BCUT2D eigenvalue weighted by molar-refractivity contribution is 0.418. The maximum atomic E-state index is 4.83. The van der Waals surface area contributed by atoms with Gasteiger partial charge >= 0.3 is 0 Å². The molecule has 1 aromatic heterocycles. The predicted octanol–water partition coefficient (Wildman–Crippen LogP) is 0.901. The van der Waals surface area contributed by atoms with Crippen molar-refractivity contribution in [3.05, 3.63) is 11.6 Å². The third-order valence-corrected chi connectivity index (χ3v) is 4.33. The summed E-state index contributed by atoms with van der Waals surface area (Å²) in [4.78, 5) is 16.2. The van der Waals surface area contributed by atoms with Gasteiger partial charge in [-0.25, -0.2) is 15.6 Å². The summed E-state index contributed by atoms with van der Waals surface area (Å²) in [5.41, 5.74) is 0. The van der Waals surface area contributed by atoms with Gasteiger partial charge in [0.2, 0.25) is 5.95 Å². The van der Waals surface area contributed by atoms with Gasteiger partial charge in [-0.15, -0.1) is 0 Å². The highest BCUT2D eigenvalue weighted by molar-refractivity contribution is 5.28. The molecule has 0 saturated carbocycles. The number of piperidine rings is 2. The molecular formula is C15H24N6. The molecule has 6 nitrogen and oxygen atoms in total. The number of hydrogen-bond acceptors (Lipinski definition) is 4. The van der Waals surface area contributed by atoms with Crippen molar-refractivity contribution >= 4 is 5.95 Å². The first kappa shape index (κ1) is 14.7. The van der Waals surface area contributed by atoms with Crippen molar-refractivity contribution in [3.8, 4) is 0 Å². The van der Waals surface area contributed by atoms with Gasteiger partial charge < -0.3 is 4.90 Å². The van der Waals surface area contributed by atoms with Crippen LogP contribution in [0.4, 0.5) is 5.95 Å². The van der Waals surface area contributed by atoms with Gasteiger partial charge in [0.15, 0.2) is 0 Å². The maximum Gasteiger partial charge on any atom is 0.228 e. The molecule has 2 radical (unpaired) electrons. The van der Waals surface area contributed by atoms with Crippen LogP contribution in [0.15, 0.2) is 0 Å². The van der Waals surface area contributed by atoms with Crippen molar-refractivity contribution in [1.82, 2.24) is 25.6 Å². The van der Waals surface area contributed by atoms with Gasteiger partial charge in [0, 0.05) is 52.1 Å². The molecule has 21 heavy (non-hydrogen) atoms. The van der Waals surface area contributed by atoms with E-state index in [1.54, 1.807) is 0 Å². The van der Waals surface area contributed by atoms with Gasteiger partial charge in [0.05, 0.1) is 0 Å². The van der Waals surface area contributed by atoms with E-state index in [1.807, 2.05) is 19.0 Å². The van der Waals surface area contributed by atoms with Crippen LogP contribution in [0.2, 0.25) is 0 Å². The SMILES string of the molecule is CN(C)c1nc(C2CC[N]CC2)nc(C2CC[N]CC2)n1.